The van der Waals surface area contributed by atoms with Gasteiger partial charge in [-0.15, -0.1) is 23.1 Å². The fourth-order valence-corrected chi connectivity index (χ4v) is 4.76. The van der Waals surface area contributed by atoms with Crippen LogP contribution in [-0.4, -0.2) is 39.5 Å². The Balaban J connectivity index is 1.51. The Bertz CT molecular complexity index is 1250. The number of ether oxygens (including phenoxy) is 1. The number of thiophene rings is 1. The van der Waals surface area contributed by atoms with Crippen molar-refractivity contribution in [3.8, 4) is 0 Å². The van der Waals surface area contributed by atoms with Gasteiger partial charge in [0.1, 0.15) is 15.9 Å². The lowest BCUT2D eigenvalue weighted by molar-refractivity contribution is -0.141. The predicted octanol–water partition coefficient (Wildman–Crippen LogP) is 4.00. The highest BCUT2D eigenvalue weighted by atomic mass is 32.2. The molecule has 2 heterocycles. The van der Waals surface area contributed by atoms with E-state index in [2.05, 4.69) is 15.3 Å². The SMILES string of the molecule is CCC(=O)Nc1ccc(C(=O)COC(=O)[C@H](C)SCc2nc3sc(C)c(C)c3c(=O)[nH]2)cc1. The van der Waals surface area contributed by atoms with E-state index in [1.165, 1.54) is 23.1 Å². The lowest BCUT2D eigenvalue weighted by Gasteiger charge is -2.11. The molecule has 2 aromatic heterocycles. The second kappa shape index (κ2) is 10.8. The third-order valence-electron chi connectivity index (χ3n) is 5.05. The van der Waals surface area contributed by atoms with Crippen LogP contribution < -0.4 is 10.9 Å². The van der Waals surface area contributed by atoms with Gasteiger partial charge >= 0.3 is 5.97 Å². The van der Waals surface area contributed by atoms with Crippen molar-refractivity contribution in [2.24, 2.45) is 0 Å². The van der Waals surface area contributed by atoms with Gasteiger partial charge in [0.2, 0.25) is 5.91 Å². The number of thioether (sulfide) groups is 1. The second-order valence-corrected chi connectivity index (χ2v) is 9.97. The van der Waals surface area contributed by atoms with Crippen LogP contribution in [0.2, 0.25) is 0 Å². The van der Waals surface area contributed by atoms with Crippen LogP contribution >= 0.6 is 23.1 Å². The van der Waals surface area contributed by atoms with E-state index in [4.69, 9.17) is 4.74 Å². The number of anilines is 1. The zero-order valence-electron chi connectivity index (χ0n) is 18.8. The number of nitrogens with one attached hydrogen (secondary N) is 2. The van der Waals surface area contributed by atoms with Gasteiger partial charge in [0.15, 0.2) is 12.4 Å². The van der Waals surface area contributed by atoms with Crippen molar-refractivity contribution < 1.29 is 19.1 Å². The number of hydrogen-bond donors (Lipinski definition) is 2. The Labute approximate surface area is 199 Å². The fourth-order valence-electron chi connectivity index (χ4n) is 2.97. The number of aromatic nitrogens is 2. The molecule has 3 aromatic rings. The van der Waals surface area contributed by atoms with E-state index >= 15 is 0 Å². The van der Waals surface area contributed by atoms with Gasteiger partial charge in [0.25, 0.3) is 5.56 Å². The lowest BCUT2D eigenvalue weighted by Crippen LogP contribution is -2.21. The van der Waals surface area contributed by atoms with Crippen molar-refractivity contribution in [2.75, 3.05) is 11.9 Å². The molecular weight excluding hydrogens is 462 g/mol. The number of carbonyl (C=O) groups is 3. The van der Waals surface area contributed by atoms with Gasteiger partial charge in [-0.1, -0.05) is 6.92 Å². The monoisotopic (exact) mass is 487 g/mol. The Morgan fingerprint density at radius 2 is 1.91 bits per heavy atom. The number of Topliss-reactive ketones (excluding diaryl/α,β-unsaturated/α-hetero) is 1. The molecule has 174 valence electrons. The minimum absolute atomic E-state index is 0.116. The summed E-state index contributed by atoms with van der Waals surface area (Å²) in [6, 6.07) is 6.40. The summed E-state index contributed by atoms with van der Waals surface area (Å²) in [6.45, 7) is 6.91. The summed E-state index contributed by atoms with van der Waals surface area (Å²) in [6.07, 6.45) is 0.362. The van der Waals surface area contributed by atoms with Crippen LogP contribution in [-0.2, 0) is 20.1 Å². The number of ketones is 1. The van der Waals surface area contributed by atoms with Crippen LogP contribution in [0, 0.1) is 13.8 Å². The number of esters is 1. The third-order valence-corrected chi connectivity index (χ3v) is 7.28. The molecule has 0 unspecified atom stereocenters. The Morgan fingerprint density at radius 1 is 1.21 bits per heavy atom. The molecule has 0 spiro atoms. The van der Waals surface area contributed by atoms with Crippen LogP contribution in [0.4, 0.5) is 5.69 Å². The second-order valence-electron chi connectivity index (χ2n) is 7.44. The number of aromatic amines is 1. The molecule has 3 rings (SSSR count). The largest absolute Gasteiger partial charge is 0.456 e. The van der Waals surface area contributed by atoms with Gasteiger partial charge in [-0.25, -0.2) is 4.98 Å². The lowest BCUT2D eigenvalue weighted by atomic mass is 10.1. The number of benzene rings is 1. The molecule has 0 fully saturated rings. The molecule has 1 amide bonds. The van der Waals surface area contributed by atoms with Crippen LogP contribution in [0.25, 0.3) is 10.2 Å². The van der Waals surface area contributed by atoms with E-state index in [0.29, 0.717) is 39.5 Å². The topological polar surface area (TPSA) is 118 Å². The average Bonchev–Trinajstić information content (AvgIpc) is 3.09. The number of rotatable bonds is 9. The zero-order valence-corrected chi connectivity index (χ0v) is 20.4. The minimum Gasteiger partial charge on any atom is -0.456 e. The molecule has 10 heteroatoms. The Morgan fingerprint density at radius 3 is 2.58 bits per heavy atom. The van der Waals surface area contributed by atoms with Crippen LogP contribution in [0.1, 0.15) is 46.9 Å². The summed E-state index contributed by atoms with van der Waals surface area (Å²) in [7, 11) is 0. The summed E-state index contributed by atoms with van der Waals surface area (Å²) < 4.78 is 5.16. The van der Waals surface area contributed by atoms with Crippen molar-refractivity contribution in [3.05, 3.63) is 56.4 Å². The van der Waals surface area contributed by atoms with Crippen molar-refractivity contribution in [1.29, 1.82) is 0 Å². The Hall–Kier alpha value is -2.98. The van der Waals surface area contributed by atoms with Crippen LogP contribution in [0.3, 0.4) is 0 Å². The van der Waals surface area contributed by atoms with E-state index in [-0.39, 0.29) is 23.9 Å². The van der Waals surface area contributed by atoms with E-state index < -0.39 is 11.2 Å². The standard InChI is InChI=1S/C23H25N3O5S2/c1-5-19(28)24-16-8-6-15(7-9-16)17(27)10-31-23(30)14(4)32-11-18-25-21(29)20-12(2)13(3)33-22(20)26-18/h6-9,14H,5,10-11H2,1-4H3,(H,24,28)(H,25,26,29)/t14-/m0/s1. The molecule has 0 saturated carbocycles. The van der Waals surface area contributed by atoms with Gasteiger partial charge in [0.05, 0.1) is 11.1 Å². The average molecular weight is 488 g/mol. The first-order chi connectivity index (χ1) is 15.7. The molecular formula is C23H25N3O5S2. The highest BCUT2D eigenvalue weighted by Crippen LogP contribution is 2.26. The number of aryl methyl sites for hydroxylation is 2. The summed E-state index contributed by atoms with van der Waals surface area (Å²) in [5, 5.41) is 2.77. The highest BCUT2D eigenvalue weighted by Gasteiger charge is 2.19. The molecule has 1 atom stereocenters. The number of hydrogen-bond acceptors (Lipinski definition) is 8. The van der Waals surface area contributed by atoms with Crippen molar-refractivity contribution in [1.82, 2.24) is 9.97 Å². The molecule has 1 aromatic carbocycles. The molecule has 33 heavy (non-hydrogen) atoms. The van der Waals surface area contributed by atoms with E-state index in [0.717, 1.165) is 10.4 Å². The summed E-state index contributed by atoms with van der Waals surface area (Å²) in [5.74, 6) is -0.157. The molecule has 8 nitrogen and oxygen atoms in total. The first-order valence-electron chi connectivity index (χ1n) is 10.4. The number of amides is 1. The summed E-state index contributed by atoms with van der Waals surface area (Å²) in [5.41, 5.74) is 1.73. The molecule has 0 radical (unpaired) electrons. The van der Waals surface area contributed by atoms with Gasteiger partial charge in [-0.2, -0.15) is 0 Å². The molecule has 0 aliphatic carbocycles. The number of fused-ring (bicyclic) bond motifs is 1. The van der Waals surface area contributed by atoms with Gasteiger partial charge in [0, 0.05) is 22.5 Å². The first-order valence-corrected chi connectivity index (χ1v) is 12.3. The smallest absolute Gasteiger partial charge is 0.319 e. The molecule has 0 bridgehead atoms. The van der Waals surface area contributed by atoms with Gasteiger partial charge in [-0.05, 0) is 50.6 Å². The predicted molar refractivity (Wildman–Crippen MR) is 131 cm³/mol. The molecule has 0 aliphatic heterocycles. The normalized spacial score (nSPS) is 11.9. The number of H-pyrrole nitrogens is 1. The highest BCUT2D eigenvalue weighted by molar-refractivity contribution is 7.99. The van der Waals surface area contributed by atoms with E-state index in [1.807, 2.05) is 13.8 Å². The van der Waals surface area contributed by atoms with Gasteiger partial charge < -0.3 is 15.0 Å². The maximum atomic E-state index is 12.4. The maximum Gasteiger partial charge on any atom is 0.319 e. The molecule has 0 saturated heterocycles. The number of nitrogens with zero attached hydrogens (tertiary/aromatic N) is 1. The molecule has 0 aliphatic rings. The van der Waals surface area contributed by atoms with Crippen molar-refractivity contribution in [3.63, 3.8) is 0 Å². The van der Waals surface area contributed by atoms with Crippen LogP contribution in [0.5, 0.6) is 0 Å². The van der Waals surface area contributed by atoms with E-state index in [1.54, 1.807) is 38.1 Å². The van der Waals surface area contributed by atoms with Crippen LogP contribution in [0.15, 0.2) is 29.1 Å². The minimum atomic E-state index is -0.544. The quantitative estimate of drug-likeness (QED) is 0.346. The zero-order chi connectivity index (χ0) is 24.1. The van der Waals surface area contributed by atoms with Crippen molar-refractivity contribution in [2.45, 2.75) is 45.1 Å². The third kappa shape index (κ3) is 6.08. The first kappa shape index (κ1) is 24.7. The fraction of sp³-hybridized carbons (Fsp3) is 0.348. The number of carbonyl (C=O) groups excluding carboxylic acids is 3. The summed E-state index contributed by atoms with van der Waals surface area (Å²) >= 11 is 2.74. The van der Waals surface area contributed by atoms with Gasteiger partial charge in [-0.3, -0.25) is 19.2 Å². The molecule has 2 N–H and O–H groups in total. The Kier molecular flexibility index (Phi) is 8.04. The van der Waals surface area contributed by atoms with E-state index in [9.17, 15) is 19.2 Å². The van der Waals surface area contributed by atoms with Crippen molar-refractivity contribution >= 4 is 56.7 Å². The maximum absolute atomic E-state index is 12.4. The summed E-state index contributed by atoms with van der Waals surface area (Å²) in [4.78, 5) is 57.4.